The molecule has 116 valence electrons. The Labute approximate surface area is 123 Å². The van der Waals surface area contributed by atoms with E-state index in [1.807, 2.05) is 11.8 Å². The molecule has 1 aliphatic heterocycles. The Morgan fingerprint density at radius 3 is 2.50 bits per heavy atom. The van der Waals surface area contributed by atoms with Crippen molar-refractivity contribution < 1.29 is 9.53 Å². The molecule has 1 heterocycles. The Morgan fingerprint density at radius 1 is 1.20 bits per heavy atom. The summed E-state index contributed by atoms with van der Waals surface area (Å²) in [6.45, 7) is 7.86. The van der Waals surface area contributed by atoms with Crippen molar-refractivity contribution in [2.75, 3.05) is 13.1 Å². The van der Waals surface area contributed by atoms with E-state index in [0.29, 0.717) is 6.04 Å². The van der Waals surface area contributed by atoms with E-state index in [4.69, 9.17) is 4.74 Å². The second-order valence-corrected chi connectivity index (χ2v) is 6.41. The maximum atomic E-state index is 12.6. The van der Waals surface area contributed by atoms with Crippen LogP contribution in [0.3, 0.4) is 0 Å². The molecule has 1 N–H and O–H groups in total. The van der Waals surface area contributed by atoms with Crippen molar-refractivity contribution >= 4 is 5.91 Å². The van der Waals surface area contributed by atoms with Crippen LogP contribution in [0.15, 0.2) is 0 Å². The third-order valence-corrected chi connectivity index (χ3v) is 4.86. The molecule has 2 rings (SSSR count). The van der Waals surface area contributed by atoms with Crippen molar-refractivity contribution in [2.45, 2.75) is 83.6 Å². The molecule has 0 spiro atoms. The summed E-state index contributed by atoms with van der Waals surface area (Å²) in [5, 5.41) is 3.41. The average molecular weight is 282 g/mol. The monoisotopic (exact) mass is 282 g/mol. The standard InChI is InChI=1S/C16H30N2O2/c1-12-13(2)18(11-10-17-12)16(19)14(3)20-15-8-6-4-5-7-9-15/h12-15,17H,4-11H2,1-3H3. The van der Waals surface area contributed by atoms with E-state index in [0.717, 1.165) is 25.9 Å². The van der Waals surface area contributed by atoms with Crippen LogP contribution in [0.1, 0.15) is 59.3 Å². The van der Waals surface area contributed by atoms with Crippen LogP contribution < -0.4 is 5.32 Å². The van der Waals surface area contributed by atoms with E-state index < -0.39 is 0 Å². The summed E-state index contributed by atoms with van der Waals surface area (Å²) >= 11 is 0. The topological polar surface area (TPSA) is 41.6 Å². The number of hydrogen-bond donors (Lipinski definition) is 1. The summed E-state index contributed by atoms with van der Waals surface area (Å²) in [5.74, 6) is 0.162. The van der Waals surface area contributed by atoms with E-state index in [1.54, 1.807) is 0 Å². The number of carbonyl (C=O) groups is 1. The summed E-state index contributed by atoms with van der Waals surface area (Å²) in [6.07, 6.45) is 7.33. The molecule has 0 aromatic carbocycles. The van der Waals surface area contributed by atoms with Crippen LogP contribution in [0.2, 0.25) is 0 Å². The fourth-order valence-corrected chi connectivity index (χ4v) is 3.33. The molecule has 2 fully saturated rings. The van der Waals surface area contributed by atoms with Gasteiger partial charge in [0, 0.05) is 25.2 Å². The first-order valence-corrected chi connectivity index (χ1v) is 8.29. The minimum atomic E-state index is -0.300. The van der Waals surface area contributed by atoms with Gasteiger partial charge in [0.05, 0.1) is 6.10 Å². The number of nitrogens with zero attached hydrogens (tertiary/aromatic N) is 1. The van der Waals surface area contributed by atoms with Gasteiger partial charge in [-0.2, -0.15) is 0 Å². The number of ether oxygens (including phenoxy) is 1. The van der Waals surface area contributed by atoms with Gasteiger partial charge in [0.2, 0.25) is 0 Å². The Hall–Kier alpha value is -0.610. The molecule has 4 heteroatoms. The summed E-state index contributed by atoms with van der Waals surface area (Å²) < 4.78 is 6.06. The van der Waals surface area contributed by atoms with Crippen LogP contribution in [-0.2, 0) is 9.53 Å². The molecule has 20 heavy (non-hydrogen) atoms. The van der Waals surface area contributed by atoms with Crippen molar-refractivity contribution in [2.24, 2.45) is 0 Å². The fraction of sp³-hybridized carbons (Fsp3) is 0.938. The maximum absolute atomic E-state index is 12.6. The Balaban J connectivity index is 1.87. The first-order valence-electron chi connectivity index (χ1n) is 8.29. The molecular weight excluding hydrogens is 252 g/mol. The average Bonchev–Trinajstić information content (AvgIpc) is 2.69. The Morgan fingerprint density at radius 2 is 1.85 bits per heavy atom. The largest absolute Gasteiger partial charge is 0.365 e. The molecule has 3 unspecified atom stereocenters. The molecule has 4 nitrogen and oxygen atoms in total. The Bertz CT molecular complexity index is 314. The van der Waals surface area contributed by atoms with Crippen molar-refractivity contribution in [1.29, 1.82) is 0 Å². The van der Waals surface area contributed by atoms with Gasteiger partial charge in [-0.1, -0.05) is 25.7 Å². The molecule has 0 bridgehead atoms. The number of carbonyl (C=O) groups excluding carboxylic acids is 1. The van der Waals surface area contributed by atoms with Gasteiger partial charge in [0.15, 0.2) is 0 Å². The highest BCUT2D eigenvalue weighted by Crippen LogP contribution is 2.22. The van der Waals surface area contributed by atoms with Crippen molar-refractivity contribution in [1.82, 2.24) is 10.2 Å². The second kappa shape index (κ2) is 7.41. The zero-order valence-corrected chi connectivity index (χ0v) is 13.2. The number of nitrogens with one attached hydrogen (secondary N) is 1. The van der Waals surface area contributed by atoms with Gasteiger partial charge in [-0.15, -0.1) is 0 Å². The van der Waals surface area contributed by atoms with Gasteiger partial charge in [0.25, 0.3) is 5.91 Å². The smallest absolute Gasteiger partial charge is 0.251 e. The molecule has 0 aromatic heterocycles. The molecular formula is C16H30N2O2. The molecule has 0 radical (unpaired) electrons. The number of rotatable bonds is 3. The molecule has 3 atom stereocenters. The zero-order chi connectivity index (χ0) is 14.5. The molecule has 1 saturated heterocycles. The van der Waals surface area contributed by atoms with Gasteiger partial charge in [-0.25, -0.2) is 0 Å². The number of piperazine rings is 1. The molecule has 1 amide bonds. The molecule has 1 saturated carbocycles. The van der Waals surface area contributed by atoms with E-state index >= 15 is 0 Å². The van der Waals surface area contributed by atoms with Crippen LogP contribution in [-0.4, -0.2) is 48.2 Å². The van der Waals surface area contributed by atoms with Gasteiger partial charge in [0.1, 0.15) is 6.10 Å². The van der Waals surface area contributed by atoms with Crippen molar-refractivity contribution in [3.63, 3.8) is 0 Å². The fourth-order valence-electron chi connectivity index (χ4n) is 3.33. The van der Waals surface area contributed by atoms with Gasteiger partial charge >= 0.3 is 0 Å². The summed E-state index contributed by atoms with van der Waals surface area (Å²) in [4.78, 5) is 14.6. The molecule has 1 aliphatic carbocycles. The van der Waals surface area contributed by atoms with Crippen LogP contribution in [0, 0.1) is 0 Å². The quantitative estimate of drug-likeness (QED) is 0.808. The summed E-state index contributed by atoms with van der Waals surface area (Å²) in [7, 11) is 0. The van der Waals surface area contributed by atoms with Gasteiger partial charge < -0.3 is 15.0 Å². The third-order valence-electron chi connectivity index (χ3n) is 4.86. The first-order chi connectivity index (χ1) is 9.59. The zero-order valence-electron chi connectivity index (χ0n) is 13.2. The number of amides is 1. The lowest BCUT2D eigenvalue weighted by Gasteiger charge is -2.40. The van der Waals surface area contributed by atoms with Crippen LogP contribution in [0.4, 0.5) is 0 Å². The van der Waals surface area contributed by atoms with Gasteiger partial charge in [-0.05, 0) is 33.6 Å². The maximum Gasteiger partial charge on any atom is 0.251 e. The predicted molar refractivity (Wildman–Crippen MR) is 80.7 cm³/mol. The predicted octanol–water partition coefficient (Wildman–Crippen LogP) is 2.32. The highest BCUT2D eigenvalue weighted by molar-refractivity contribution is 5.81. The minimum absolute atomic E-state index is 0.162. The highest BCUT2D eigenvalue weighted by Gasteiger charge is 2.32. The lowest BCUT2D eigenvalue weighted by Crippen LogP contribution is -2.59. The SMILES string of the molecule is CC(OC1CCCCCC1)C(=O)N1CCNC(C)C1C. The lowest BCUT2D eigenvalue weighted by atomic mass is 10.1. The van der Waals surface area contributed by atoms with Crippen LogP contribution in [0.5, 0.6) is 0 Å². The van der Waals surface area contributed by atoms with E-state index in [1.165, 1.54) is 25.7 Å². The number of hydrogen-bond acceptors (Lipinski definition) is 3. The second-order valence-electron chi connectivity index (χ2n) is 6.41. The highest BCUT2D eigenvalue weighted by atomic mass is 16.5. The van der Waals surface area contributed by atoms with E-state index in [2.05, 4.69) is 19.2 Å². The van der Waals surface area contributed by atoms with Crippen molar-refractivity contribution in [3.8, 4) is 0 Å². The van der Waals surface area contributed by atoms with E-state index in [9.17, 15) is 4.79 Å². The Kier molecular flexibility index (Phi) is 5.85. The third kappa shape index (κ3) is 3.95. The first kappa shape index (κ1) is 15.8. The van der Waals surface area contributed by atoms with E-state index in [-0.39, 0.29) is 24.2 Å². The van der Waals surface area contributed by atoms with Crippen molar-refractivity contribution in [3.05, 3.63) is 0 Å². The normalized spacial score (nSPS) is 30.9. The summed E-state index contributed by atoms with van der Waals surface area (Å²) in [6, 6.07) is 0.606. The van der Waals surface area contributed by atoms with Crippen LogP contribution >= 0.6 is 0 Å². The minimum Gasteiger partial charge on any atom is -0.365 e. The summed E-state index contributed by atoms with van der Waals surface area (Å²) in [5.41, 5.74) is 0. The van der Waals surface area contributed by atoms with Gasteiger partial charge in [-0.3, -0.25) is 4.79 Å². The van der Waals surface area contributed by atoms with Crippen LogP contribution in [0.25, 0.3) is 0 Å². The molecule has 0 aromatic rings. The molecule has 2 aliphatic rings. The lowest BCUT2D eigenvalue weighted by molar-refractivity contribution is -0.150.